The molecule has 0 fully saturated rings. The van der Waals surface area contributed by atoms with E-state index in [1.807, 2.05) is 5.32 Å². The Hall–Kier alpha value is -1.32. The quantitative estimate of drug-likeness (QED) is 0.560. The standard InChI is InChI=1S/C6H9NO3/c1-2-3-5(8)4-7-6(9)10/h2,7H,1,3-4H2,(H,9,10). The van der Waals surface area contributed by atoms with Gasteiger partial charge in [-0.2, -0.15) is 0 Å². The highest BCUT2D eigenvalue weighted by Crippen LogP contribution is 1.80. The summed E-state index contributed by atoms with van der Waals surface area (Å²) in [7, 11) is 0. The Morgan fingerprint density at radius 3 is 2.60 bits per heavy atom. The highest BCUT2D eigenvalue weighted by molar-refractivity contribution is 5.84. The number of amides is 1. The Kier molecular flexibility index (Phi) is 3.95. The van der Waals surface area contributed by atoms with Crippen molar-refractivity contribution in [1.82, 2.24) is 5.32 Å². The number of carbonyl (C=O) groups is 2. The molecule has 0 saturated carbocycles. The van der Waals surface area contributed by atoms with Gasteiger partial charge in [-0.3, -0.25) is 4.79 Å². The van der Waals surface area contributed by atoms with Crippen molar-refractivity contribution in [2.45, 2.75) is 6.42 Å². The van der Waals surface area contributed by atoms with Gasteiger partial charge in [-0.15, -0.1) is 6.58 Å². The topological polar surface area (TPSA) is 66.4 Å². The van der Waals surface area contributed by atoms with Crippen LogP contribution in [0.25, 0.3) is 0 Å². The van der Waals surface area contributed by atoms with Crippen LogP contribution in [0.1, 0.15) is 6.42 Å². The summed E-state index contributed by atoms with van der Waals surface area (Å²) in [5.74, 6) is -0.183. The van der Waals surface area contributed by atoms with E-state index in [-0.39, 0.29) is 18.7 Å². The van der Waals surface area contributed by atoms with Crippen LogP contribution in [-0.4, -0.2) is 23.5 Å². The highest BCUT2D eigenvalue weighted by Gasteiger charge is 1.99. The first-order valence-corrected chi connectivity index (χ1v) is 2.76. The van der Waals surface area contributed by atoms with Gasteiger partial charge in [0.05, 0.1) is 6.54 Å². The molecule has 0 aliphatic carbocycles. The fourth-order valence-corrected chi connectivity index (χ4v) is 0.407. The van der Waals surface area contributed by atoms with Crippen molar-refractivity contribution in [3.8, 4) is 0 Å². The number of carboxylic acid groups (broad SMARTS) is 1. The first-order chi connectivity index (χ1) is 4.66. The van der Waals surface area contributed by atoms with E-state index in [9.17, 15) is 9.59 Å². The molecule has 56 valence electrons. The third-order valence-electron chi connectivity index (χ3n) is 0.809. The van der Waals surface area contributed by atoms with Crippen LogP contribution >= 0.6 is 0 Å². The molecule has 4 nitrogen and oxygen atoms in total. The molecule has 1 amide bonds. The molecule has 10 heavy (non-hydrogen) atoms. The maximum atomic E-state index is 10.6. The van der Waals surface area contributed by atoms with E-state index in [1.54, 1.807) is 0 Å². The summed E-state index contributed by atoms with van der Waals surface area (Å²) in [4.78, 5) is 20.4. The first-order valence-electron chi connectivity index (χ1n) is 2.76. The fourth-order valence-electron chi connectivity index (χ4n) is 0.407. The van der Waals surface area contributed by atoms with Gasteiger partial charge in [0.15, 0.2) is 5.78 Å². The lowest BCUT2D eigenvalue weighted by Crippen LogP contribution is -2.27. The number of nitrogens with one attached hydrogen (secondary N) is 1. The molecule has 0 aliphatic rings. The van der Waals surface area contributed by atoms with E-state index in [1.165, 1.54) is 6.08 Å². The predicted molar refractivity (Wildman–Crippen MR) is 35.8 cm³/mol. The second-order valence-corrected chi connectivity index (χ2v) is 1.69. The number of rotatable bonds is 4. The van der Waals surface area contributed by atoms with Crippen LogP contribution in [-0.2, 0) is 4.79 Å². The van der Waals surface area contributed by atoms with Crippen molar-refractivity contribution in [2.24, 2.45) is 0 Å². The Bertz CT molecular complexity index is 153. The Balaban J connectivity index is 3.39. The number of Topliss-reactive ketones (excluding diaryl/α,β-unsaturated/α-hetero) is 1. The SMILES string of the molecule is C=CCC(=O)CNC(=O)O. The lowest BCUT2D eigenvalue weighted by atomic mass is 10.3. The Morgan fingerprint density at radius 2 is 2.20 bits per heavy atom. The number of carbonyl (C=O) groups excluding carboxylic acids is 1. The zero-order valence-corrected chi connectivity index (χ0v) is 5.46. The normalized spacial score (nSPS) is 8.40. The molecule has 0 aromatic carbocycles. The molecule has 0 bridgehead atoms. The van der Waals surface area contributed by atoms with Crippen molar-refractivity contribution >= 4 is 11.9 Å². The molecule has 0 spiro atoms. The van der Waals surface area contributed by atoms with E-state index in [2.05, 4.69) is 6.58 Å². The van der Waals surface area contributed by atoms with Crippen molar-refractivity contribution in [3.63, 3.8) is 0 Å². The molecule has 0 rings (SSSR count). The molecule has 0 saturated heterocycles. The minimum Gasteiger partial charge on any atom is -0.465 e. The average Bonchev–Trinajstić information content (AvgIpc) is 1.85. The van der Waals surface area contributed by atoms with E-state index in [0.29, 0.717) is 0 Å². The van der Waals surface area contributed by atoms with Crippen LogP contribution in [0, 0.1) is 0 Å². The number of hydrogen-bond acceptors (Lipinski definition) is 2. The lowest BCUT2D eigenvalue weighted by molar-refractivity contribution is -0.117. The molecule has 0 aromatic rings. The number of hydrogen-bond donors (Lipinski definition) is 2. The van der Waals surface area contributed by atoms with Gasteiger partial charge in [-0.05, 0) is 0 Å². The molecule has 0 heterocycles. The van der Waals surface area contributed by atoms with Crippen LogP contribution in [0.3, 0.4) is 0 Å². The molecular weight excluding hydrogens is 134 g/mol. The van der Waals surface area contributed by atoms with Gasteiger partial charge in [0.25, 0.3) is 0 Å². The van der Waals surface area contributed by atoms with Crippen molar-refractivity contribution in [2.75, 3.05) is 6.54 Å². The second-order valence-electron chi connectivity index (χ2n) is 1.69. The summed E-state index contributed by atoms with van der Waals surface area (Å²) in [6, 6.07) is 0. The summed E-state index contributed by atoms with van der Waals surface area (Å²) < 4.78 is 0. The summed E-state index contributed by atoms with van der Waals surface area (Å²) in [5.41, 5.74) is 0. The minimum atomic E-state index is -1.18. The van der Waals surface area contributed by atoms with E-state index in [4.69, 9.17) is 5.11 Å². The highest BCUT2D eigenvalue weighted by atomic mass is 16.4. The zero-order valence-electron chi connectivity index (χ0n) is 5.46. The average molecular weight is 143 g/mol. The predicted octanol–water partition coefficient (Wildman–Crippen LogP) is 0.399. The van der Waals surface area contributed by atoms with Gasteiger partial charge in [0.2, 0.25) is 0 Å². The maximum absolute atomic E-state index is 10.6. The van der Waals surface area contributed by atoms with E-state index in [0.717, 1.165) is 0 Å². The molecule has 4 heteroatoms. The summed E-state index contributed by atoms with van der Waals surface area (Å²) in [5, 5.41) is 9.99. The molecule has 0 aliphatic heterocycles. The largest absolute Gasteiger partial charge is 0.465 e. The maximum Gasteiger partial charge on any atom is 0.405 e. The van der Waals surface area contributed by atoms with Crippen LogP contribution < -0.4 is 5.32 Å². The van der Waals surface area contributed by atoms with Crippen LogP contribution in [0.2, 0.25) is 0 Å². The van der Waals surface area contributed by atoms with Crippen molar-refractivity contribution < 1.29 is 14.7 Å². The minimum absolute atomic E-state index is 0.138. The van der Waals surface area contributed by atoms with Crippen molar-refractivity contribution in [1.29, 1.82) is 0 Å². The molecular formula is C6H9NO3. The van der Waals surface area contributed by atoms with Crippen LogP contribution in [0.4, 0.5) is 4.79 Å². The third kappa shape index (κ3) is 4.83. The first kappa shape index (κ1) is 8.68. The molecule has 0 aromatic heterocycles. The second kappa shape index (κ2) is 4.55. The monoisotopic (exact) mass is 143 g/mol. The Morgan fingerprint density at radius 1 is 1.60 bits per heavy atom. The third-order valence-corrected chi connectivity index (χ3v) is 0.809. The van der Waals surface area contributed by atoms with Gasteiger partial charge >= 0.3 is 6.09 Å². The van der Waals surface area contributed by atoms with Crippen LogP contribution in [0.15, 0.2) is 12.7 Å². The summed E-state index contributed by atoms with van der Waals surface area (Å²) in [6.07, 6.45) is 0.462. The van der Waals surface area contributed by atoms with Gasteiger partial charge < -0.3 is 10.4 Å². The van der Waals surface area contributed by atoms with Gasteiger partial charge in [-0.1, -0.05) is 6.08 Å². The lowest BCUT2D eigenvalue weighted by Gasteiger charge is -1.95. The molecule has 0 unspecified atom stereocenters. The smallest absolute Gasteiger partial charge is 0.405 e. The summed E-state index contributed by atoms with van der Waals surface area (Å²) in [6.45, 7) is 3.19. The zero-order chi connectivity index (χ0) is 7.98. The molecule has 2 N–H and O–H groups in total. The van der Waals surface area contributed by atoms with E-state index < -0.39 is 6.09 Å². The van der Waals surface area contributed by atoms with Gasteiger partial charge in [-0.25, -0.2) is 4.79 Å². The number of ketones is 1. The molecule has 0 atom stereocenters. The van der Waals surface area contributed by atoms with Gasteiger partial charge in [0, 0.05) is 6.42 Å². The van der Waals surface area contributed by atoms with Gasteiger partial charge in [0.1, 0.15) is 0 Å². The fraction of sp³-hybridized carbons (Fsp3) is 0.333. The number of allylic oxidation sites excluding steroid dienone is 1. The summed E-state index contributed by atoms with van der Waals surface area (Å²) >= 11 is 0. The van der Waals surface area contributed by atoms with E-state index >= 15 is 0 Å². The van der Waals surface area contributed by atoms with Crippen LogP contribution in [0.5, 0.6) is 0 Å². The Labute approximate surface area is 58.5 Å². The molecule has 0 radical (unpaired) electrons. The van der Waals surface area contributed by atoms with Crippen molar-refractivity contribution in [3.05, 3.63) is 12.7 Å².